The summed E-state index contributed by atoms with van der Waals surface area (Å²) in [5.41, 5.74) is 8.43. The minimum atomic E-state index is 0.00627. The number of aryl methyl sites for hydroxylation is 1. The highest BCUT2D eigenvalue weighted by Gasteiger charge is 2.16. The van der Waals surface area contributed by atoms with Crippen molar-refractivity contribution >= 4 is 11.0 Å². The van der Waals surface area contributed by atoms with Crippen LogP contribution >= 0.6 is 0 Å². The van der Waals surface area contributed by atoms with Crippen LogP contribution in [0.15, 0.2) is 18.2 Å². The fraction of sp³-hybridized carbons (Fsp3) is 0.588. The molecule has 1 aromatic carbocycles. The SMILES string of the molecule is CCCCC(N)c1nc2cc(OC(C)C)ccc2n1CC. The van der Waals surface area contributed by atoms with Gasteiger partial charge in [-0.15, -0.1) is 0 Å². The number of rotatable bonds is 7. The number of aromatic nitrogens is 2. The Morgan fingerprint density at radius 3 is 2.67 bits per heavy atom. The van der Waals surface area contributed by atoms with Crippen LogP contribution in [0.4, 0.5) is 0 Å². The van der Waals surface area contributed by atoms with Crippen LogP contribution in [0.1, 0.15) is 58.8 Å². The third-order valence-electron chi connectivity index (χ3n) is 3.64. The van der Waals surface area contributed by atoms with Gasteiger partial charge in [-0.3, -0.25) is 0 Å². The fourth-order valence-corrected chi connectivity index (χ4v) is 2.64. The Labute approximate surface area is 127 Å². The molecule has 0 aliphatic rings. The second-order valence-corrected chi connectivity index (χ2v) is 5.78. The number of ether oxygens (including phenoxy) is 1. The van der Waals surface area contributed by atoms with Gasteiger partial charge in [0.1, 0.15) is 11.6 Å². The van der Waals surface area contributed by atoms with Gasteiger partial charge in [-0.1, -0.05) is 19.8 Å². The lowest BCUT2D eigenvalue weighted by Gasteiger charge is -2.13. The standard InChI is InChI=1S/C17H27N3O/c1-5-7-8-14(18)17-19-15-11-13(21-12(3)4)9-10-16(15)20(17)6-2/h9-12,14H,5-8,18H2,1-4H3. The Balaban J connectivity index is 2.37. The predicted molar refractivity (Wildman–Crippen MR) is 87.6 cm³/mol. The van der Waals surface area contributed by atoms with Crippen molar-refractivity contribution in [3.05, 3.63) is 24.0 Å². The number of benzene rings is 1. The second kappa shape index (κ2) is 6.94. The van der Waals surface area contributed by atoms with E-state index < -0.39 is 0 Å². The second-order valence-electron chi connectivity index (χ2n) is 5.78. The Hall–Kier alpha value is -1.55. The number of fused-ring (bicyclic) bond motifs is 1. The van der Waals surface area contributed by atoms with Gasteiger partial charge in [0, 0.05) is 12.6 Å². The first kappa shape index (κ1) is 15.8. The molecule has 2 aromatic rings. The molecule has 0 aliphatic carbocycles. The van der Waals surface area contributed by atoms with Crippen LogP contribution in [-0.2, 0) is 6.54 Å². The number of imidazole rings is 1. The van der Waals surface area contributed by atoms with E-state index in [1.54, 1.807) is 0 Å². The Morgan fingerprint density at radius 2 is 2.05 bits per heavy atom. The minimum Gasteiger partial charge on any atom is -0.491 e. The smallest absolute Gasteiger partial charge is 0.126 e. The molecule has 0 saturated heterocycles. The van der Waals surface area contributed by atoms with Gasteiger partial charge >= 0.3 is 0 Å². The van der Waals surface area contributed by atoms with E-state index in [2.05, 4.69) is 24.5 Å². The van der Waals surface area contributed by atoms with Crippen LogP contribution < -0.4 is 10.5 Å². The summed E-state index contributed by atoms with van der Waals surface area (Å²) in [5.74, 6) is 1.86. The largest absolute Gasteiger partial charge is 0.491 e. The van der Waals surface area contributed by atoms with Crippen molar-refractivity contribution in [3.8, 4) is 5.75 Å². The quantitative estimate of drug-likeness (QED) is 0.837. The monoisotopic (exact) mass is 289 g/mol. The highest BCUT2D eigenvalue weighted by Crippen LogP contribution is 2.26. The Morgan fingerprint density at radius 1 is 1.29 bits per heavy atom. The first-order valence-electron chi connectivity index (χ1n) is 7.99. The summed E-state index contributed by atoms with van der Waals surface area (Å²) in [4.78, 5) is 4.76. The summed E-state index contributed by atoms with van der Waals surface area (Å²) >= 11 is 0. The van der Waals surface area contributed by atoms with Gasteiger partial charge in [0.2, 0.25) is 0 Å². The molecule has 1 aromatic heterocycles. The highest BCUT2D eigenvalue weighted by molar-refractivity contribution is 5.78. The molecule has 0 radical (unpaired) electrons. The lowest BCUT2D eigenvalue weighted by molar-refractivity contribution is 0.242. The molecule has 0 bridgehead atoms. The molecule has 0 fully saturated rings. The predicted octanol–water partition coefficient (Wildman–Crippen LogP) is 4.03. The summed E-state index contributed by atoms with van der Waals surface area (Å²) in [6.45, 7) is 9.26. The van der Waals surface area contributed by atoms with Crippen LogP contribution in [0.5, 0.6) is 5.75 Å². The minimum absolute atomic E-state index is 0.00627. The zero-order valence-corrected chi connectivity index (χ0v) is 13.6. The van der Waals surface area contributed by atoms with Crippen molar-refractivity contribution in [2.24, 2.45) is 5.73 Å². The van der Waals surface area contributed by atoms with Gasteiger partial charge in [-0.2, -0.15) is 0 Å². The molecular weight excluding hydrogens is 262 g/mol. The molecule has 4 nitrogen and oxygen atoms in total. The van der Waals surface area contributed by atoms with E-state index in [1.165, 1.54) is 0 Å². The summed E-state index contributed by atoms with van der Waals surface area (Å²) in [6.07, 6.45) is 3.44. The van der Waals surface area contributed by atoms with Gasteiger partial charge in [0.15, 0.2) is 0 Å². The van der Waals surface area contributed by atoms with Gasteiger partial charge in [0.05, 0.1) is 23.2 Å². The normalized spacial score (nSPS) is 13.0. The fourth-order valence-electron chi connectivity index (χ4n) is 2.64. The Bertz CT molecular complexity index is 589. The van der Waals surface area contributed by atoms with Crippen LogP contribution in [0, 0.1) is 0 Å². The van der Waals surface area contributed by atoms with Crippen molar-refractivity contribution in [1.82, 2.24) is 9.55 Å². The molecular formula is C17H27N3O. The van der Waals surface area contributed by atoms with Gasteiger partial charge in [-0.05, 0) is 39.3 Å². The van der Waals surface area contributed by atoms with E-state index in [-0.39, 0.29) is 12.1 Å². The Kier molecular flexibility index (Phi) is 5.23. The van der Waals surface area contributed by atoms with E-state index in [9.17, 15) is 0 Å². The average Bonchev–Trinajstić information content (AvgIpc) is 2.81. The van der Waals surface area contributed by atoms with Crippen molar-refractivity contribution in [3.63, 3.8) is 0 Å². The number of nitrogens with zero attached hydrogens (tertiary/aromatic N) is 2. The van der Waals surface area contributed by atoms with Crippen LogP contribution in [-0.4, -0.2) is 15.7 Å². The van der Waals surface area contributed by atoms with Crippen molar-refractivity contribution in [2.75, 3.05) is 0 Å². The molecule has 2 N–H and O–H groups in total. The molecule has 2 rings (SSSR count). The summed E-state index contributed by atoms with van der Waals surface area (Å²) in [6, 6.07) is 6.11. The van der Waals surface area contributed by atoms with E-state index in [1.807, 2.05) is 26.0 Å². The third kappa shape index (κ3) is 3.56. The molecule has 1 heterocycles. The van der Waals surface area contributed by atoms with Crippen molar-refractivity contribution in [1.29, 1.82) is 0 Å². The number of unbranched alkanes of at least 4 members (excludes halogenated alkanes) is 1. The van der Waals surface area contributed by atoms with E-state index >= 15 is 0 Å². The molecule has 1 atom stereocenters. The van der Waals surface area contributed by atoms with E-state index in [4.69, 9.17) is 15.5 Å². The maximum Gasteiger partial charge on any atom is 0.126 e. The first-order chi connectivity index (χ1) is 10.1. The molecule has 4 heteroatoms. The zero-order chi connectivity index (χ0) is 15.4. The molecule has 116 valence electrons. The molecule has 0 aliphatic heterocycles. The summed E-state index contributed by atoms with van der Waals surface area (Å²) in [5, 5.41) is 0. The third-order valence-corrected chi connectivity index (χ3v) is 3.64. The summed E-state index contributed by atoms with van der Waals surface area (Å²) < 4.78 is 7.97. The molecule has 0 spiro atoms. The lowest BCUT2D eigenvalue weighted by atomic mass is 10.1. The average molecular weight is 289 g/mol. The number of hydrogen-bond donors (Lipinski definition) is 1. The zero-order valence-electron chi connectivity index (χ0n) is 13.6. The van der Waals surface area contributed by atoms with Crippen molar-refractivity contribution in [2.45, 2.75) is 65.6 Å². The first-order valence-corrected chi connectivity index (χ1v) is 7.99. The number of nitrogens with two attached hydrogens (primary N) is 1. The van der Waals surface area contributed by atoms with E-state index in [0.29, 0.717) is 0 Å². The van der Waals surface area contributed by atoms with Gasteiger partial charge < -0.3 is 15.0 Å². The maximum absolute atomic E-state index is 6.33. The van der Waals surface area contributed by atoms with Gasteiger partial charge in [-0.25, -0.2) is 4.98 Å². The molecule has 1 unspecified atom stereocenters. The van der Waals surface area contributed by atoms with Crippen LogP contribution in [0.25, 0.3) is 11.0 Å². The van der Waals surface area contributed by atoms with E-state index in [0.717, 1.165) is 48.4 Å². The van der Waals surface area contributed by atoms with Crippen LogP contribution in [0.3, 0.4) is 0 Å². The summed E-state index contributed by atoms with van der Waals surface area (Å²) in [7, 11) is 0. The highest BCUT2D eigenvalue weighted by atomic mass is 16.5. The number of hydrogen-bond acceptors (Lipinski definition) is 3. The van der Waals surface area contributed by atoms with Gasteiger partial charge in [0.25, 0.3) is 0 Å². The molecule has 0 saturated carbocycles. The van der Waals surface area contributed by atoms with Crippen molar-refractivity contribution < 1.29 is 4.74 Å². The lowest BCUT2D eigenvalue weighted by Crippen LogP contribution is -2.16. The molecule has 21 heavy (non-hydrogen) atoms. The topological polar surface area (TPSA) is 53.1 Å². The molecule has 0 amide bonds. The van der Waals surface area contributed by atoms with Crippen LogP contribution in [0.2, 0.25) is 0 Å². The maximum atomic E-state index is 6.33.